The Labute approximate surface area is 308 Å². The van der Waals surface area contributed by atoms with Crippen LogP contribution in [0.2, 0.25) is 0 Å². The smallest absolute Gasteiger partial charge is 0.0586 e. The predicted molar refractivity (Wildman–Crippen MR) is 208 cm³/mol. The van der Waals surface area contributed by atoms with Gasteiger partial charge in [0.15, 0.2) is 0 Å². The summed E-state index contributed by atoms with van der Waals surface area (Å²) < 4.78 is 0. The zero-order valence-corrected chi connectivity index (χ0v) is 33.5. The van der Waals surface area contributed by atoms with Crippen LogP contribution in [0.1, 0.15) is 119 Å². The SMILES string of the molecule is CC(C)(C)N(CCO)CCO.CCCCCCC(CO)N(CC)CCO.CCCCN(CCO)CCO.OCCN(CCO)C1CCCCC1. The molecule has 1 atom stereocenters. The molecule has 0 aromatic rings. The normalized spacial score (nSPS) is 14.3. The van der Waals surface area contributed by atoms with Gasteiger partial charge in [0.2, 0.25) is 0 Å². The third-order valence-electron chi connectivity index (χ3n) is 9.13. The second-order valence-corrected chi connectivity index (χ2v) is 14.1. The summed E-state index contributed by atoms with van der Waals surface area (Å²) in [4.78, 5) is 8.50. The number of hydrogen-bond donors (Lipinski definition) is 8. The summed E-state index contributed by atoms with van der Waals surface area (Å²) in [6.07, 6.45) is 14.7. The van der Waals surface area contributed by atoms with Crippen LogP contribution in [-0.4, -0.2) is 190 Å². The number of unbranched alkanes of at least 4 members (excludes halogenated alkanes) is 4. The third kappa shape index (κ3) is 32.2. The molecule has 50 heavy (non-hydrogen) atoms. The Kier molecular flexibility index (Phi) is 42.8. The van der Waals surface area contributed by atoms with E-state index in [4.69, 9.17) is 35.7 Å². The van der Waals surface area contributed by atoms with Gasteiger partial charge in [0, 0.05) is 63.4 Å². The largest absolute Gasteiger partial charge is 0.395 e. The van der Waals surface area contributed by atoms with E-state index in [0.717, 1.165) is 32.4 Å². The summed E-state index contributed by atoms with van der Waals surface area (Å²) in [6.45, 7) is 20.7. The zero-order chi connectivity index (χ0) is 38.5. The molecule has 0 heterocycles. The maximum Gasteiger partial charge on any atom is 0.0586 e. The van der Waals surface area contributed by atoms with E-state index >= 15 is 0 Å². The van der Waals surface area contributed by atoms with Gasteiger partial charge in [0.05, 0.1) is 52.9 Å². The lowest BCUT2D eigenvalue weighted by Gasteiger charge is -2.34. The first-order chi connectivity index (χ1) is 24.0. The van der Waals surface area contributed by atoms with Gasteiger partial charge < -0.3 is 40.9 Å². The zero-order valence-electron chi connectivity index (χ0n) is 33.5. The van der Waals surface area contributed by atoms with E-state index in [1.54, 1.807) is 0 Å². The van der Waals surface area contributed by atoms with Crippen LogP contribution in [0.3, 0.4) is 0 Å². The molecule has 0 radical (unpaired) electrons. The maximum absolute atomic E-state index is 9.29. The Bertz CT molecular complexity index is 624. The van der Waals surface area contributed by atoms with Gasteiger partial charge in [-0.1, -0.05) is 72.1 Å². The van der Waals surface area contributed by atoms with Crippen LogP contribution in [0.5, 0.6) is 0 Å². The molecule has 1 unspecified atom stereocenters. The highest BCUT2D eigenvalue weighted by Crippen LogP contribution is 2.22. The van der Waals surface area contributed by atoms with Crippen LogP contribution in [0, 0.1) is 0 Å². The first kappa shape index (κ1) is 53.9. The number of hydrogen-bond acceptors (Lipinski definition) is 12. The molecule has 0 aromatic heterocycles. The molecule has 0 amide bonds. The summed E-state index contributed by atoms with van der Waals surface area (Å²) in [7, 11) is 0. The number of nitrogens with zero attached hydrogens (tertiary/aromatic N) is 4. The minimum atomic E-state index is 0.0332. The maximum atomic E-state index is 9.29. The topological polar surface area (TPSA) is 175 Å². The minimum Gasteiger partial charge on any atom is -0.395 e. The average molecular weight is 727 g/mol. The first-order valence-corrected chi connectivity index (χ1v) is 19.9. The molecule has 12 nitrogen and oxygen atoms in total. The van der Waals surface area contributed by atoms with Crippen LogP contribution in [0.15, 0.2) is 0 Å². The predicted octanol–water partition coefficient (Wildman–Crippen LogP) is 2.38. The second kappa shape index (κ2) is 39.7. The van der Waals surface area contributed by atoms with Gasteiger partial charge in [-0.3, -0.25) is 19.6 Å². The van der Waals surface area contributed by atoms with Crippen molar-refractivity contribution in [1.29, 1.82) is 0 Å². The number of β-amino-alcohol motifs (C(OH)–C–C–N with tert-alkyl or cyclic N) is 2. The summed E-state index contributed by atoms with van der Waals surface area (Å²) >= 11 is 0. The van der Waals surface area contributed by atoms with Crippen molar-refractivity contribution < 1.29 is 40.9 Å². The van der Waals surface area contributed by atoms with Crippen molar-refractivity contribution in [1.82, 2.24) is 19.6 Å². The molecule has 1 fully saturated rings. The van der Waals surface area contributed by atoms with Gasteiger partial charge in [0.1, 0.15) is 0 Å². The summed E-state index contributed by atoms with van der Waals surface area (Å²) in [5, 5.41) is 70.6. The molecule has 0 aliphatic heterocycles. The van der Waals surface area contributed by atoms with Gasteiger partial charge in [-0.05, 0) is 59.5 Å². The van der Waals surface area contributed by atoms with E-state index in [-0.39, 0.29) is 64.4 Å². The molecule has 0 saturated heterocycles. The molecule has 0 aromatic carbocycles. The van der Waals surface area contributed by atoms with Crippen LogP contribution in [-0.2, 0) is 0 Å². The number of aliphatic hydroxyl groups is 8. The highest BCUT2D eigenvalue weighted by atomic mass is 16.3. The third-order valence-corrected chi connectivity index (χ3v) is 9.13. The van der Waals surface area contributed by atoms with Gasteiger partial charge in [-0.25, -0.2) is 0 Å². The van der Waals surface area contributed by atoms with Crippen LogP contribution in [0.4, 0.5) is 0 Å². The summed E-state index contributed by atoms with van der Waals surface area (Å²) in [5.74, 6) is 0. The van der Waals surface area contributed by atoms with Crippen molar-refractivity contribution in [2.24, 2.45) is 0 Å². The molecular formula is C38H86N4O8. The monoisotopic (exact) mass is 727 g/mol. The van der Waals surface area contributed by atoms with E-state index in [0.29, 0.717) is 51.9 Å². The minimum absolute atomic E-state index is 0.0332. The fraction of sp³-hybridized carbons (Fsp3) is 1.00. The van der Waals surface area contributed by atoms with Gasteiger partial charge >= 0.3 is 0 Å². The molecule has 12 heteroatoms. The Balaban J connectivity index is -0.000000594. The van der Waals surface area contributed by atoms with Gasteiger partial charge in [0.25, 0.3) is 0 Å². The Morgan fingerprint density at radius 2 is 1.02 bits per heavy atom. The van der Waals surface area contributed by atoms with E-state index in [9.17, 15) is 5.11 Å². The molecule has 306 valence electrons. The molecule has 1 saturated carbocycles. The fourth-order valence-electron chi connectivity index (χ4n) is 6.13. The van der Waals surface area contributed by atoms with Crippen LogP contribution < -0.4 is 0 Å². The Morgan fingerprint density at radius 1 is 0.540 bits per heavy atom. The molecule has 1 aliphatic carbocycles. The van der Waals surface area contributed by atoms with E-state index in [1.165, 1.54) is 57.8 Å². The van der Waals surface area contributed by atoms with Crippen LogP contribution >= 0.6 is 0 Å². The number of likely N-dealkylation sites (N-methyl/N-ethyl adjacent to an activating group) is 1. The number of rotatable bonds is 26. The van der Waals surface area contributed by atoms with Gasteiger partial charge in [-0.2, -0.15) is 0 Å². The van der Waals surface area contributed by atoms with Crippen molar-refractivity contribution in [3.05, 3.63) is 0 Å². The van der Waals surface area contributed by atoms with Crippen molar-refractivity contribution in [2.75, 3.05) is 112 Å². The van der Waals surface area contributed by atoms with Gasteiger partial charge in [-0.15, -0.1) is 0 Å². The fourth-order valence-corrected chi connectivity index (χ4v) is 6.13. The highest BCUT2D eigenvalue weighted by molar-refractivity contribution is 4.76. The molecule has 1 rings (SSSR count). The quantitative estimate of drug-likeness (QED) is 0.0613. The molecule has 8 N–H and O–H groups in total. The molecule has 1 aliphatic rings. The Morgan fingerprint density at radius 3 is 1.40 bits per heavy atom. The van der Waals surface area contributed by atoms with Crippen LogP contribution in [0.25, 0.3) is 0 Å². The van der Waals surface area contributed by atoms with Crippen molar-refractivity contribution in [3.8, 4) is 0 Å². The Hall–Kier alpha value is -0.480. The first-order valence-electron chi connectivity index (χ1n) is 19.9. The lowest BCUT2D eigenvalue weighted by Crippen LogP contribution is -2.44. The van der Waals surface area contributed by atoms with Crippen molar-refractivity contribution in [3.63, 3.8) is 0 Å². The standard InChI is InChI=1S/C12H27NO2.C10H21NO2.2C8H19NO2/c1-3-5-6-7-8-12(11-15)13(4-2)9-10-14;12-8-6-11(7-9-13)10-4-2-1-3-5-10;1-8(2,3)9(4-6-10)5-7-11;1-2-3-4-9(5-7-10)6-8-11/h12,14-15H,3-11H2,1-2H3;10,12-13H,1-9H2;10-11H,4-7H2,1-3H3;10-11H,2-8H2,1H3. The van der Waals surface area contributed by atoms with Crippen molar-refractivity contribution >= 4 is 0 Å². The summed E-state index contributed by atoms with van der Waals surface area (Å²) in [5.41, 5.74) is 0.0332. The lowest BCUT2D eigenvalue weighted by atomic mass is 9.94. The van der Waals surface area contributed by atoms with E-state index in [1.807, 2.05) is 4.90 Å². The second-order valence-electron chi connectivity index (χ2n) is 14.1. The number of aliphatic hydroxyl groups excluding tert-OH is 8. The van der Waals surface area contributed by atoms with E-state index in [2.05, 4.69) is 56.2 Å². The average Bonchev–Trinajstić information content (AvgIpc) is 3.11. The lowest BCUT2D eigenvalue weighted by molar-refractivity contribution is 0.0841. The molecule has 0 spiro atoms. The van der Waals surface area contributed by atoms with Crippen molar-refractivity contribution in [2.45, 2.75) is 136 Å². The highest BCUT2D eigenvalue weighted by Gasteiger charge is 2.20. The molecule has 0 bridgehead atoms. The summed E-state index contributed by atoms with van der Waals surface area (Å²) in [6, 6.07) is 0.840. The van der Waals surface area contributed by atoms with E-state index < -0.39 is 0 Å². The molecular weight excluding hydrogens is 640 g/mol.